The second-order valence-corrected chi connectivity index (χ2v) is 5.87. The predicted molar refractivity (Wildman–Crippen MR) is 86.2 cm³/mol. The van der Waals surface area contributed by atoms with Gasteiger partial charge in [0.2, 0.25) is 0 Å². The standard InChI is InChI=1S/C16H21BrN2O/c1-3-14(18)10-15-5-4-8-19(15)11-12-9-13(17)6-7-16(12)20-2/h4-9,14H,3,10-11,18H2,1-2H3. The maximum Gasteiger partial charge on any atom is 0.123 e. The zero-order valence-corrected chi connectivity index (χ0v) is 13.6. The fourth-order valence-corrected chi connectivity index (χ4v) is 2.66. The minimum Gasteiger partial charge on any atom is -0.496 e. The van der Waals surface area contributed by atoms with E-state index in [9.17, 15) is 0 Å². The summed E-state index contributed by atoms with van der Waals surface area (Å²) in [5.74, 6) is 0.910. The molecule has 1 heterocycles. The van der Waals surface area contributed by atoms with Crippen molar-refractivity contribution >= 4 is 15.9 Å². The lowest BCUT2D eigenvalue weighted by molar-refractivity contribution is 0.408. The molecule has 0 aliphatic rings. The van der Waals surface area contributed by atoms with Crippen LogP contribution in [0, 0.1) is 0 Å². The highest BCUT2D eigenvalue weighted by atomic mass is 79.9. The second-order valence-electron chi connectivity index (χ2n) is 4.96. The summed E-state index contributed by atoms with van der Waals surface area (Å²) in [7, 11) is 1.70. The van der Waals surface area contributed by atoms with Crippen LogP contribution in [0.25, 0.3) is 0 Å². The van der Waals surface area contributed by atoms with E-state index in [1.807, 2.05) is 12.1 Å². The van der Waals surface area contributed by atoms with Crippen molar-refractivity contribution in [1.29, 1.82) is 0 Å². The van der Waals surface area contributed by atoms with Crippen LogP contribution >= 0.6 is 15.9 Å². The van der Waals surface area contributed by atoms with Gasteiger partial charge in [-0.05, 0) is 36.8 Å². The van der Waals surface area contributed by atoms with E-state index in [2.05, 4.69) is 51.8 Å². The minimum absolute atomic E-state index is 0.216. The molecule has 1 unspecified atom stereocenters. The summed E-state index contributed by atoms with van der Waals surface area (Å²) in [6, 6.07) is 10.5. The first-order chi connectivity index (χ1) is 9.63. The smallest absolute Gasteiger partial charge is 0.123 e. The molecule has 2 rings (SSSR count). The number of hydrogen-bond donors (Lipinski definition) is 1. The predicted octanol–water partition coefficient (Wildman–Crippen LogP) is 3.59. The fourth-order valence-electron chi connectivity index (χ4n) is 2.26. The average molecular weight is 337 g/mol. The topological polar surface area (TPSA) is 40.2 Å². The molecule has 2 N–H and O–H groups in total. The number of ether oxygens (including phenoxy) is 1. The second kappa shape index (κ2) is 6.95. The molecule has 0 aliphatic heterocycles. The maximum absolute atomic E-state index is 6.06. The van der Waals surface area contributed by atoms with Gasteiger partial charge in [0.15, 0.2) is 0 Å². The van der Waals surface area contributed by atoms with Gasteiger partial charge in [-0.3, -0.25) is 0 Å². The highest BCUT2D eigenvalue weighted by molar-refractivity contribution is 9.10. The lowest BCUT2D eigenvalue weighted by atomic mass is 10.1. The Labute approximate surface area is 128 Å². The molecule has 1 aromatic carbocycles. The largest absolute Gasteiger partial charge is 0.496 e. The number of aromatic nitrogens is 1. The Morgan fingerprint density at radius 1 is 1.35 bits per heavy atom. The van der Waals surface area contributed by atoms with Crippen molar-refractivity contribution in [3.63, 3.8) is 0 Å². The van der Waals surface area contributed by atoms with E-state index < -0.39 is 0 Å². The maximum atomic E-state index is 6.06. The summed E-state index contributed by atoms with van der Waals surface area (Å²) in [5.41, 5.74) is 8.48. The number of benzene rings is 1. The van der Waals surface area contributed by atoms with Gasteiger partial charge in [-0.1, -0.05) is 22.9 Å². The van der Waals surface area contributed by atoms with Crippen LogP contribution in [-0.2, 0) is 13.0 Å². The van der Waals surface area contributed by atoms with Crippen LogP contribution in [0.3, 0.4) is 0 Å². The summed E-state index contributed by atoms with van der Waals surface area (Å²) in [5, 5.41) is 0. The van der Waals surface area contributed by atoms with E-state index in [4.69, 9.17) is 10.5 Å². The van der Waals surface area contributed by atoms with E-state index in [0.29, 0.717) is 0 Å². The molecule has 0 amide bonds. The third-order valence-electron chi connectivity index (χ3n) is 3.50. The Morgan fingerprint density at radius 2 is 2.15 bits per heavy atom. The highest BCUT2D eigenvalue weighted by Gasteiger charge is 2.09. The molecule has 0 saturated carbocycles. The Hall–Kier alpha value is -1.26. The number of rotatable bonds is 6. The number of nitrogens with two attached hydrogens (primary N) is 1. The third kappa shape index (κ3) is 3.64. The van der Waals surface area contributed by atoms with E-state index in [1.165, 1.54) is 5.69 Å². The van der Waals surface area contributed by atoms with Crippen molar-refractivity contribution in [2.45, 2.75) is 32.4 Å². The average Bonchev–Trinajstić information content (AvgIpc) is 2.86. The first kappa shape index (κ1) is 15.1. The van der Waals surface area contributed by atoms with Gasteiger partial charge in [0.25, 0.3) is 0 Å². The molecule has 20 heavy (non-hydrogen) atoms. The van der Waals surface area contributed by atoms with Gasteiger partial charge in [-0.25, -0.2) is 0 Å². The fraction of sp³-hybridized carbons (Fsp3) is 0.375. The number of halogens is 1. The first-order valence-corrected chi connectivity index (χ1v) is 7.65. The molecule has 108 valence electrons. The molecule has 2 aromatic rings. The summed E-state index contributed by atoms with van der Waals surface area (Å²) >= 11 is 3.51. The van der Waals surface area contributed by atoms with Crippen molar-refractivity contribution in [2.75, 3.05) is 7.11 Å². The SMILES string of the molecule is CCC(N)Cc1cccn1Cc1cc(Br)ccc1OC. The molecule has 1 aromatic heterocycles. The van der Waals surface area contributed by atoms with Crippen LogP contribution < -0.4 is 10.5 Å². The molecule has 0 spiro atoms. The van der Waals surface area contributed by atoms with Crippen molar-refractivity contribution in [3.05, 3.63) is 52.3 Å². The molecule has 0 aliphatic carbocycles. The summed E-state index contributed by atoms with van der Waals surface area (Å²) < 4.78 is 8.73. The van der Waals surface area contributed by atoms with Gasteiger partial charge in [0.05, 0.1) is 13.7 Å². The van der Waals surface area contributed by atoms with Crippen molar-refractivity contribution < 1.29 is 4.74 Å². The van der Waals surface area contributed by atoms with E-state index in [0.717, 1.165) is 35.2 Å². The van der Waals surface area contributed by atoms with Crippen LogP contribution in [0.4, 0.5) is 0 Å². The van der Waals surface area contributed by atoms with E-state index >= 15 is 0 Å². The third-order valence-corrected chi connectivity index (χ3v) is 4.00. The lowest BCUT2D eigenvalue weighted by Gasteiger charge is -2.15. The molecule has 0 saturated heterocycles. The number of hydrogen-bond acceptors (Lipinski definition) is 2. The zero-order chi connectivity index (χ0) is 14.5. The summed E-state index contributed by atoms with van der Waals surface area (Å²) in [4.78, 5) is 0. The van der Waals surface area contributed by atoms with E-state index in [1.54, 1.807) is 7.11 Å². The molecule has 4 heteroatoms. The van der Waals surface area contributed by atoms with Crippen LogP contribution in [0.15, 0.2) is 41.0 Å². The first-order valence-electron chi connectivity index (χ1n) is 6.86. The Bertz CT molecular complexity index is 565. The molecule has 1 atom stereocenters. The number of nitrogens with zero attached hydrogens (tertiary/aromatic N) is 1. The Balaban J connectivity index is 2.22. The van der Waals surface area contributed by atoms with Crippen molar-refractivity contribution in [3.8, 4) is 5.75 Å². The van der Waals surface area contributed by atoms with Gasteiger partial charge in [0.1, 0.15) is 5.75 Å². The van der Waals surface area contributed by atoms with Crippen LogP contribution in [-0.4, -0.2) is 17.7 Å². The van der Waals surface area contributed by atoms with E-state index in [-0.39, 0.29) is 6.04 Å². The molecule has 0 radical (unpaired) electrons. The summed E-state index contributed by atoms with van der Waals surface area (Å²) in [6.45, 7) is 2.91. The highest BCUT2D eigenvalue weighted by Crippen LogP contribution is 2.24. The monoisotopic (exact) mass is 336 g/mol. The van der Waals surface area contributed by atoms with Crippen LogP contribution in [0.5, 0.6) is 5.75 Å². The zero-order valence-electron chi connectivity index (χ0n) is 12.0. The van der Waals surface area contributed by atoms with Gasteiger partial charge in [-0.2, -0.15) is 0 Å². The quantitative estimate of drug-likeness (QED) is 0.875. The van der Waals surface area contributed by atoms with Crippen LogP contribution in [0.1, 0.15) is 24.6 Å². The molecule has 0 fully saturated rings. The summed E-state index contributed by atoms with van der Waals surface area (Å²) in [6.07, 6.45) is 3.99. The van der Waals surface area contributed by atoms with Crippen molar-refractivity contribution in [2.24, 2.45) is 5.73 Å². The minimum atomic E-state index is 0.216. The normalized spacial score (nSPS) is 12.4. The van der Waals surface area contributed by atoms with Gasteiger partial charge in [0, 0.05) is 34.4 Å². The Morgan fingerprint density at radius 3 is 2.85 bits per heavy atom. The van der Waals surface area contributed by atoms with Crippen molar-refractivity contribution in [1.82, 2.24) is 4.57 Å². The Kier molecular flexibility index (Phi) is 5.26. The van der Waals surface area contributed by atoms with Gasteiger partial charge >= 0.3 is 0 Å². The molecule has 0 bridgehead atoms. The van der Waals surface area contributed by atoms with Gasteiger partial charge < -0.3 is 15.0 Å². The van der Waals surface area contributed by atoms with Crippen LogP contribution in [0.2, 0.25) is 0 Å². The number of methoxy groups -OCH3 is 1. The molecule has 3 nitrogen and oxygen atoms in total. The molecular formula is C16H21BrN2O. The van der Waals surface area contributed by atoms with Gasteiger partial charge in [-0.15, -0.1) is 0 Å². The lowest BCUT2D eigenvalue weighted by Crippen LogP contribution is -2.23. The molecular weight excluding hydrogens is 316 g/mol.